The third-order valence-corrected chi connectivity index (χ3v) is 4.05. The quantitative estimate of drug-likeness (QED) is 0.744. The molecule has 0 radical (unpaired) electrons. The molecule has 2 N–H and O–H groups in total. The SMILES string of the molecule is C1CCC(NCCC2CCNCC2)CC1. The second-order valence-electron chi connectivity index (χ2n) is 5.27. The van der Waals surface area contributed by atoms with Crippen LogP contribution in [0.15, 0.2) is 0 Å². The molecule has 0 amide bonds. The first-order chi connectivity index (χ1) is 7.45. The molecule has 88 valence electrons. The van der Waals surface area contributed by atoms with E-state index in [2.05, 4.69) is 10.6 Å². The van der Waals surface area contributed by atoms with Crippen molar-refractivity contribution in [3.63, 3.8) is 0 Å². The molecule has 0 aromatic carbocycles. The van der Waals surface area contributed by atoms with Gasteiger partial charge in [-0.25, -0.2) is 0 Å². The summed E-state index contributed by atoms with van der Waals surface area (Å²) in [5.41, 5.74) is 0. The fourth-order valence-corrected chi connectivity index (χ4v) is 2.97. The van der Waals surface area contributed by atoms with Crippen LogP contribution >= 0.6 is 0 Å². The van der Waals surface area contributed by atoms with Crippen molar-refractivity contribution in [2.75, 3.05) is 19.6 Å². The lowest BCUT2D eigenvalue weighted by atomic mass is 9.93. The molecular formula is C13H26N2. The minimum Gasteiger partial charge on any atom is -0.317 e. The van der Waals surface area contributed by atoms with Crippen molar-refractivity contribution < 1.29 is 0 Å². The molecule has 1 aliphatic carbocycles. The molecule has 1 heterocycles. The molecule has 2 fully saturated rings. The first kappa shape index (κ1) is 11.4. The molecule has 0 unspecified atom stereocenters. The Morgan fingerprint density at radius 3 is 2.40 bits per heavy atom. The van der Waals surface area contributed by atoms with Crippen LogP contribution < -0.4 is 10.6 Å². The Balaban J connectivity index is 1.53. The third-order valence-electron chi connectivity index (χ3n) is 4.05. The molecule has 1 saturated carbocycles. The Labute approximate surface area is 94.2 Å². The molecule has 1 aliphatic heterocycles. The van der Waals surface area contributed by atoms with Crippen molar-refractivity contribution in [2.24, 2.45) is 5.92 Å². The van der Waals surface area contributed by atoms with Gasteiger partial charge in [0.1, 0.15) is 0 Å². The molecular weight excluding hydrogens is 184 g/mol. The van der Waals surface area contributed by atoms with Crippen LogP contribution in [0, 0.1) is 5.92 Å². The van der Waals surface area contributed by atoms with Crippen molar-refractivity contribution in [1.29, 1.82) is 0 Å². The van der Waals surface area contributed by atoms with Crippen LogP contribution in [-0.2, 0) is 0 Å². The summed E-state index contributed by atoms with van der Waals surface area (Å²) in [6.45, 7) is 3.75. The summed E-state index contributed by atoms with van der Waals surface area (Å²) in [6.07, 6.45) is 11.4. The van der Waals surface area contributed by atoms with Gasteiger partial charge in [-0.3, -0.25) is 0 Å². The smallest absolute Gasteiger partial charge is 0.00670 e. The van der Waals surface area contributed by atoms with Gasteiger partial charge in [0.15, 0.2) is 0 Å². The molecule has 0 aromatic heterocycles. The average Bonchev–Trinajstić information content (AvgIpc) is 2.32. The summed E-state index contributed by atoms with van der Waals surface area (Å²) in [5.74, 6) is 0.988. The summed E-state index contributed by atoms with van der Waals surface area (Å²) >= 11 is 0. The predicted octanol–water partition coefficient (Wildman–Crippen LogP) is 2.30. The largest absolute Gasteiger partial charge is 0.317 e. The van der Waals surface area contributed by atoms with E-state index in [9.17, 15) is 0 Å². The predicted molar refractivity (Wildman–Crippen MR) is 65.1 cm³/mol. The Morgan fingerprint density at radius 2 is 1.67 bits per heavy atom. The van der Waals surface area contributed by atoms with Crippen LogP contribution in [0.25, 0.3) is 0 Å². The van der Waals surface area contributed by atoms with E-state index in [1.165, 1.54) is 71.0 Å². The summed E-state index contributed by atoms with van der Waals surface area (Å²) < 4.78 is 0. The molecule has 15 heavy (non-hydrogen) atoms. The first-order valence-corrected chi connectivity index (χ1v) is 6.89. The van der Waals surface area contributed by atoms with Gasteiger partial charge in [-0.1, -0.05) is 19.3 Å². The highest BCUT2D eigenvalue weighted by molar-refractivity contribution is 4.74. The summed E-state index contributed by atoms with van der Waals surface area (Å²) in [6, 6.07) is 0.848. The van der Waals surface area contributed by atoms with Gasteiger partial charge < -0.3 is 10.6 Å². The monoisotopic (exact) mass is 210 g/mol. The molecule has 0 spiro atoms. The van der Waals surface area contributed by atoms with E-state index >= 15 is 0 Å². The molecule has 2 aliphatic rings. The highest BCUT2D eigenvalue weighted by Gasteiger charge is 2.15. The number of hydrogen-bond acceptors (Lipinski definition) is 2. The van der Waals surface area contributed by atoms with Gasteiger partial charge >= 0.3 is 0 Å². The number of piperidine rings is 1. The lowest BCUT2D eigenvalue weighted by Crippen LogP contribution is -2.34. The lowest BCUT2D eigenvalue weighted by molar-refractivity contribution is 0.321. The fraction of sp³-hybridized carbons (Fsp3) is 1.00. The van der Waals surface area contributed by atoms with Crippen LogP contribution in [0.1, 0.15) is 51.4 Å². The normalized spacial score (nSPS) is 25.6. The van der Waals surface area contributed by atoms with Crippen molar-refractivity contribution in [1.82, 2.24) is 10.6 Å². The summed E-state index contributed by atoms with van der Waals surface area (Å²) in [5, 5.41) is 7.18. The molecule has 2 rings (SSSR count). The van der Waals surface area contributed by atoms with Gasteiger partial charge in [0.2, 0.25) is 0 Å². The highest BCUT2D eigenvalue weighted by Crippen LogP contribution is 2.18. The second-order valence-corrected chi connectivity index (χ2v) is 5.27. The third kappa shape index (κ3) is 4.12. The van der Waals surface area contributed by atoms with Crippen LogP contribution in [-0.4, -0.2) is 25.7 Å². The van der Waals surface area contributed by atoms with E-state index in [4.69, 9.17) is 0 Å². The van der Waals surface area contributed by atoms with Crippen LogP contribution in [0.5, 0.6) is 0 Å². The average molecular weight is 210 g/mol. The fourth-order valence-electron chi connectivity index (χ4n) is 2.97. The number of rotatable bonds is 4. The zero-order chi connectivity index (χ0) is 10.3. The molecule has 0 aromatic rings. The molecule has 1 saturated heterocycles. The Hall–Kier alpha value is -0.0800. The maximum atomic E-state index is 3.75. The van der Waals surface area contributed by atoms with Crippen LogP contribution in [0.2, 0.25) is 0 Å². The zero-order valence-electron chi connectivity index (χ0n) is 9.93. The van der Waals surface area contributed by atoms with Gasteiger partial charge in [-0.15, -0.1) is 0 Å². The van der Waals surface area contributed by atoms with E-state index in [-0.39, 0.29) is 0 Å². The van der Waals surface area contributed by atoms with E-state index in [1.54, 1.807) is 0 Å². The van der Waals surface area contributed by atoms with Crippen molar-refractivity contribution in [2.45, 2.75) is 57.4 Å². The van der Waals surface area contributed by atoms with Crippen LogP contribution in [0.3, 0.4) is 0 Å². The topological polar surface area (TPSA) is 24.1 Å². The van der Waals surface area contributed by atoms with Gasteiger partial charge in [0.05, 0.1) is 0 Å². The van der Waals surface area contributed by atoms with Gasteiger partial charge in [0.25, 0.3) is 0 Å². The minimum atomic E-state index is 0.848. The van der Waals surface area contributed by atoms with Gasteiger partial charge in [0, 0.05) is 6.04 Å². The maximum absolute atomic E-state index is 3.75. The summed E-state index contributed by atoms with van der Waals surface area (Å²) in [7, 11) is 0. The van der Waals surface area contributed by atoms with E-state index in [0.29, 0.717) is 0 Å². The second kappa shape index (κ2) is 6.49. The van der Waals surface area contributed by atoms with E-state index < -0.39 is 0 Å². The molecule has 0 bridgehead atoms. The van der Waals surface area contributed by atoms with E-state index in [1.807, 2.05) is 0 Å². The molecule has 2 nitrogen and oxygen atoms in total. The Kier molecular flexibility index (Phi) is 4.94. The van der Waals surface area contributed by atoms with E-state index in [0.717, 1.165) is 12.0 Å². The highest BCUT2D eigenvalue weighted by atomic mass is 14.9. The van der Waals surface area contributed by atoms with Crippen LogP contribution in [0.4, 0.5) is 0 Å². The standard InChI is InChI=1S/C13H26N2/c1-2-4-13(5-3-1)15-11-8-12-6-9-14-10-7-12/h12-15H,1-11H2. The lowest BCUT2D eigenvalue weighted by Gasteiger charge is -2.26. The Bertz CT molecular complexity index is 140. The first-order valence-electron chi connectivity index (χ1n) is 6.89. The molecule has 2 heteroatoms. The molecule has 0 atom stereocenters. The maximum Gasteiger partial charge on any atom is 0.00670 e. The summed E-state index contributed by atoms with van der Waals surface area (Å²) in [4.78, 5) is 0. The van der Waals surface area contributed by atoms with Gasteiger partial charge in [-0.05, 0) is 57.7 Å². The minimum absolute atomic E-state index is 0.848. The number of hydrogen-bond donors (Lipinski definition) is 2. The van der Waals surface area contributed by atoms with Crippen molar-refractivity contribution >= 4 is 0 Å². The number of nitrogens with one attached hydrogen (secondary N) is 2. The Morgan fingerprint density at radius 1 is 0.933 bits per heavy atom. The van der Waals surface area contributed by atoms with Gasteiger partial charge in [-0.2, -0.15) is 0 Å². The van der Waals surface area contributed by atoms with Crippen molar-refractivity contribution in [3.8, 4) is 0 Å². The zero-order valence-corrected chi connectivity index (χ0v) is 9.93. The van der Waals surface area contributed by atoms with Crippen molar-refractivity contribution in [3.05, 3.63) is 0 Å².